The Hall–Kier alpha value is -1.07. The molecule has 0 aliphatic carbocycles. The largest absolute Gasteiger partial charge is 0.492 e. The Labute approximate surface area is 134 Å². The van der Waals surface area contributed by atoms with Crippen molar-refractivity contribution < 1.29 is 9.53 Å². The van der Waals surface area contributed by atoms with Crippen molar-refractivity contribution >= 4 is 21.8 Å². The van der Waals surface area contributed by atoms with Gasteiger partial charge in [0.1, 0.15) is 5.75 Å². The fourth-order valence-electron chi connectivity index (χ4n) is 2.49. The Morgan fingerprint density at radius 2 is 2.29 bits per heavy atom. The summed E-state index contributed by atoms with van der Waals surface area (Å²) in [5, 5.41) is 6.37. The van der Waals surface area contributed by atoms with Gasteiger partial charge in [-0.3, -0.25) is 4.79 Å². The molecule has 0 saturated carbocycles. The topological polar surface area (TPSA) is 50.4 Å². The molecule has 1 amide bonds. The van der Waals surface area contributed by atoms with E-state index in [9.17, 15) is 4.79 Å². The van der Waals surface area contributed by atoms with Gasteiger partial charge < -0.3 is 15.4 Å². The van der Waals surface area contributed by atoms with Crippen LogP contribution in [0.1, 0.15) is 25.7 Å². The van der Waals surface area contributed by atoms with E-state index in [2.05, 4.69) is 26.6 Å². The van der Waals surface area contributed by atoms with Crippen molar-refractivity contribution in [3.63, 3.8) is 0 Å². The second kappa shape index (κ2) is 9.05. The standard InChI is InChI=1S/C16H23BrN2O2/c17-14-5-1-2-6-15(14)21-11-8-16(20)19-10-7-13-4-3-9-18-12-13/h1-2,5-6,13,18H,3-4,7-12H2,(H,19,20). The highest BCUT2D eigenvalue weighted by Gasteiger charge is 2.12. The number of nitrogens with one attached hydrogen (secondary N) is 2. The van der Waals surface area contributed by atoms with Crippen molar-refractivity contribution in [2.75, 3.05) is 26.2 Å². The van der Waals surface area contributed by atoms with E-state index < -0.39 is 0 Å². The van der Waals surface area contributed by atoms with Crippen molar-refractivity contribution in [3.05, 3.63) is 28.7 Å². The number of para-hydroxylation sites is 1. The fourth-order valence-corrected chi connectivity index (χ4v) is 2.89. The zero-order valence-electron chi connectivity index (χ0n) is 12.2. The average Bonchev–Trinajstić information content (AvgIpc) is 2.50. The quantitative estimate of drug-likeness (QED) is 0.791. The van der Waals surface area contributed by atoms with E-state index in [1.807, 2.05) is 24.3 Å². The van der Waals surface area contributed by atoms with Crippen molar-refractivity contribution in [2.24, 2.45) is 5.92 Å². The van der Waals surface area contributed by atoms with Gasteiger partial charge >= 0.3 is 0 Å². The molecule has 2 rings (SSSR count). The normalized spacial score (nSPS) is 18.2. The number of ether oxygens (including phenoxy) is 1. The first-order valence-corrected chi connectivity index (χ1v) is 8.40. The van der Waals surface area contributed by atoms with E-state index in [1.165, 1.54) is 12.8 Å². The summed E-state index contributed by atoms with van der Waals surface area (Å²) >= 11 is 3.42. The fraction of sp³-hybridized carbons (Fsp3) is 0.562. The number of benzene rings is 1. The van der Waals surface area contributed by atoms with E-state index in [1.54, 1.807) is 0 Å². The molecule has 0 radical (unpaired) electrons. The minimum atomic E-state index is 0.0609. The Kier molecular flexibility index (Phi) is 7.03. The van der Waals surface area contributed by atoms with E-state index in [-0.39, 0.29) is 5.91 Å². The van der Waals surface area contributed by atoms with Crippen molar-refractivity contribution in [2.45, 2.75) is 25.7 Å². The van der Waals surface area contributed by atoms with Gasteiger partial charge in [0, 0.05) is 6.54 Å². The highest BCUT2D eigenvalue weighted by Crippen LogP contribution is 2.23. The molecule has 1 unspecified atom stereocenters. The van der Waals surface area contributed by atoms with E-state index in [0.29, 0.717) is 18.9 Å². The molecule has 4 nitrogen and oxygen atoms in total. The number of rotatable bonds is 7. The number of carbonyl (C=O) groups excluding carboxylic acids is 1. The molecule has 1 aromatic rings. The van der Waals surface area contributed by atoms with Crippen LogP contribution in [0.5, 0.6) is 5.75 Å². The van der Waals surface area contributed by atoms with Gasteiger partial charge in [0.15, 0.2) is 0 Å². The van der Waals surface area contributed by atoms with Crippen LogP contribution in [0, 0.1) is 5.92 Å². The lowest BCUT2D eigenvalue weighted by molar-refractivity contribution is -0.121. The summed E-state index contributed by atoms with van der Waals surface area (Å²) in [4.78, 5) is 11.7. The SMILES string of the molecule is O=C(CCOc1ccccc1Br)NCCC1CCCNC1. The first-order valence-electron chi connectivity index (χ1n) is 7.60. The van der Waals surface area contributed by atoms with Crippen LogP contribution in [0.4, 0.5) is 0 Å². The minimum Gasteiger partial charge on any atom is -0.492 e. The Morgan fingerprint density at radius 3 is 3.05 bits per heavy atom. The summed E-state index contributed by atoms with van der Waals surface area (Å²) in [5.74, 6) is 1.54. The number of piperidine rings is 1. The molecule has 1 aliphatic rings. The molecule has 0 spiro atoms. The van der Waals surface area contributed by atoms with Gasteiger partial charge in [-0.15, -0.1) is 0 Å². The summed E-state index contributed by atoms with van der Waals surface area (Å²) in [7, 11) is 0. The van der Waals surface area contributed by atoms with Crippen molar-refractivity contribution in [3.8, 4) is 5.75 Å². The third kappa shape index (κ3) is 6.06. The second-order valence-corrected chi connectivity index (χ2v) is 6.23. The zero-order valence-corrected chi connectivity index (χ0v) is 13.8. The number of carbonyl (C=O) groups is 1. The summed E-state index contributed by atoms with van der Waals surface area (Å²) in [6.45, 7) is 3.38. The lowest BCUT2D eigenvalue weighted by Gasteiger charge is -2.22. The molecule has 1 aliphatic heterocycles. The first-order chi connectivity index (χ1) is 10.3. The van der Waals surface area contributed by atoms with Crippen LogP contribution in [-0.4, -0.2) is 32.1 Å². The number of hydrogen-bond donors (Lipinski definition) is 2. The van der Waals surface area contributed by atoms with Crippen LogP contribution in [0.2, 0.25) is 0 Å². The van der Waals surface area contributed by atoms with Crippen LogP contribution in [-0.2, 0) is 4.79 Å². The lowest BCUT2D eigenvalue weighted by atomic mass is 9.96. The molecule has 1 aromatic carbocycles. The van der Waals surface area contributed by atoms with Crippen LogP contribution in [0.15, 0.2) is 28.7 Å². The molecule has 1 heterocycles. The highest BCUT2D eigenvalue weighted by molar-refractivity contribution is 9.10. The predicted octanol–water partition coefficient (Wildman–Crippen LogP) is 2.72. The number of hydrogen-bond acceptors (Lipinski definition) is 3. The molecule has 1 fully saturated rings. The zero-order chi connectivity index (χ0) is 14.9. The van der Waals surface area contributed by atoms with E-state index >= 15 is 0 Å². The molecule has 0 bridgehead atoms. The van der Waals surface area contributed by atoms with Crippen molar-refractivity contribution in [1.29, 1.82) is 0 Å². The molecule has 116 valence electrons. The summed E-state index contributed by atoms with van der Waals surface area (Å²) in [6, 6.07) is 7.66. The van der Waals surface area contributed by atoms with Gasteiger partial charge in [-0.2, -0.15) is 0 Å². The summed E-state index contributed by atoms with van der Waals surface area (Å²) < 4.78 is 6.50. The van der Waals surface area contributed by atoms with Gasteiger partial charge in [-0.25, -0.2) is 0 Å². The summed E-state index contributed by atoms with van der Waals surface area (Å²) in [6.07, 6.45) is 3.97. The first kappa shape index (κ1) is 16.3. The van der Waals surface area contributed by atoms with Crippen LogP contribution < -0.4 is 15.4 Å². The minimum absolute atomic E-state index is 0.0609. The van der Waals surface area contributed by atoms with Gasteiger partial charge in [-0.05, 0) is 66.3 Å². The molecule has 1 saturated heterocycles. The Balaban J connectivity index is 1.56. The maximum atomic E-state index is 11.7. The third-order valence-electron chi connectivity index (χ3n) is 3.70. The Morgan fingerprint density at radius 1 is 1.43 bits per heavy atom. The highest BCUT2D eigenvalue weighted by atomic mass is 79.9. The van der Waals surface area contributed by atoms with E-state index in [0.717, 1.165) is 36.3 Å². The van der Waals surface area contributed by atoms with Gasteiger partial charge in [0.2, 0.25) is 5.91 Å². The van der Waals surface area contributed by atoms with Crippen molar-refractivity contribution in [1.82, 2.24) is 10.6 Å². The third-order valence-corrected chi connectivity index (χ3v) is 4.35. The van der Waals surface area contributed by atoms with Crippen LogP contribution in [0.3, 0.4) is 0 Å². The summed E-state index contributed by atoms with van der Waals surface area (Å²) in [5.41, 5.74) is 0. The molecular formula is C16H23BrN2O2. The molecule has 2 N–H and O–H groups in total. The smallest absolute Gasteiger partial charge is 0.223 e. The van der Waals surface area contributed by atoms with Gasteiger partial charge in [-0.1, -0.05) is 12.1 Å². The Bertz CT molecular complexity index is 448. The molecule has 21 heavy (non-hydrogen) atoms. The molecule has 5 heteroatoms. The number of amides is 1. The van der Waals surface area contributed by atoms with E-state index in [4.69, 9.17) is 4.74 Å². The van der Waals surface area contributed by atoms with Crippen LogP contribution >= 0.6 is 15.9 Å². The molecule has 1 atom stereocenters. The monoisotopic (exact) mass is 354 g/mol. The second-order valence-electron chi connectivity index (χ2n) is 5.38. The maximum Gasteiger partial charge on any atom is 0.223 e. The molecule has 0 aromatic heterocycles. The number of halogens is 1. The van der Waals surface area contributed by atoms with Gasteiger partial charge in [0.25, 0.3) is 0 Å². The van der Waals surface area contributed by atoms with Crippen LogP contribution in [0.25, 0.3) is 0 Å². The average molecular weight is 355 g/mol. The molecular weight excluding hydrogens is 332 g/mol. The predicted molar refractivity (Wildman–Crippen MR) is 87.5 cm³/mol. The van der Waals surface area contributed by atoms with Gasteiger partial charge in [0.05, 0.1) is 17.5 Å². The maximum absolute atomic E-state index is 11.7. The lowest BCUT2D eigenvalue weighted by Crippen LogP contribution is -2.33.